The monoisotopic (exact) mass is 184 g/mol. The highest BCUT2D eigenvalue weighted by Crippen LogP contribution is 2.24. The van der Waals surface area contributed by atoms with Gasteiger partial charge in [0.2, 0.25) is 5.91 Å². The third-order valence-electron chi connectivity index (χ3n) is 3.10. The summed E-state index contributed by atoms with van der Waals surface area (Å²) in [7, 11) is 3.67. The molecular weight excluding hydrogens is 164 g/mol. The van der Waals surface area contributed by atoms with Gasteiger partial charge in [-0.05, 0) is 25.8 Å². The molecule has 13 heavy (non-hydrogen) atoms. The zero-order valence-corrected chi connectivity index (χ0v) is 9.00. The van der Waals surface area contributed by atoms with Crippen molar-refractivity contribution in [3.63, 3.8) is 0 Å². The van der Waals surface area contributed by atoms with E-state index in [1.807, 2.05) is 14.1 Å². The second-order valence-corrected chi connectivity index (χ2v) is 4.23. The summed E-state index contributed by atoms with van der Waals surface area (Å²) in [4.78, 5) is 13.5. The van der Waals surface area contributed by atoms with Crippen LogP contribution in [0.25, 0.3) is 0 Å². The van der Waals surface area contributed by atoms with Crippen LogP contribution in [-0.4, -0.2) is 37.5 Å². The van der Waals surface area contributed by atoms with E-state index in [9.17, 15) is 4.79 Å². The molecule has 1 amide bonds. The molecule has 1 saturated heterocycles. The predicted octanol–water partition coefficient (Wildman–Crippen LogP) is 0.709. The van der Waals surface area contributed by atoms with Crippen molar-refractivity contribution in [2.75, 3.05) is 20.6 Å². The molecule has 1 heterocycles. The SMILES string of the molecule is CC1NCCC(C(=O)N(C)C)C1C. The lowest BCUT2D eigenvalue weighted by Crippen LogP contribution is -2.48. The Hall–Kier alpha value is -0.570. The van der Waals surface area contributed by atoms with E-state index in [0.717, 1.165) is 13.0 Å². The van der Waals surface area contributed by atoms with Gasteiger partial charge in [0.15, 0.2) is 0 Å². The highest BCUT2D eigenvalue weighted by molar-refractivity contribution is 5.78. The maximum Gasteiger partial charge on any atom is 0.225 e. The van der Waals surface area contributed by atoms with Gasteiger partial charge < -0.3 is 10.2 Å². The Morgan fingerprint density at radius 2 is 2.00 bits per heavy atom. The summed E-state index contributed by atoms with van der Waals surface area (Å²) in [5.41, 5.74) is 0. The Morgan fingerprint density at radius 3 is 2.54 bits per heavy atom. The lowest BCUT2D eigenvalue weighted by molar-refractivity contribution is -0.135. The molecule has 0 saturated carbocycles. The van der Waals surface area contributed by atoms with E-state index in [4.69, 9.17) is 0 Å². The third-order valence-corrected chi connectivity index (χ3v) is 3.10. The predicted molar refractivity (Wildman–Crippen MR) is 53.4 cm³/mol. The minimum atomic E-state index is 0.214. The first-order valence-corrected chi connectivity index (χ1v) is 4.98. The first kappa shape index (κ1) is 10.5. The smallest absolute Gasteiger partial charge is 0.225 e. The van der Waals surface area contributed by atoms with Crippen LogP contribution >= 0.6 is 0 Å². The van der Waals surface area contributed by atoms with Crippen LogP contribution in [0.2, 0.25) is 0 Å². The fourth-order valence-electron chi connectivity index (χ4n) is 1.94. The molecule has 0 aromatic rings. The number of nitrogens with zero attached hydrogens (tertiary/aromatic N) is 1. The molecule has 3 nitrogen and oxygen atoms in total. The number of hydrogen-bond acceptors (Lipinski definition) is 2. The van der Waals surface area contributed by atoms with Gasteiger partial charge >= 0.3 is 0 Å². The van der Waals surface area contributed by atoms with Crippen molar-refractivity contribution in [2.24, 2.45) is 11.8 Å². The number of carbonyl (C=O) groups excluding carboxylic acids is 1. The lowest BCUT2D eigenvalue weighted by Gasteiger charge is -2.35. The number of piperidine rings is 1. The topological polar surface area (TPSA) is 32.3 Å². The van der Waals surface area contributed by atoms with Crippen LogP contribution in [0.1, 0.15) is 20.3 Å². The summed E-state index contributed by atoms with van der Waals surface area (Å²) in [5.74, 6) is 0.941. The summed E-state index contributed by atoms with van der Waals surface area (Å²) in [6.45, 7) is 5.28. The summed E-state index contributed by atoms with van der Waals surface area (Å²) >= 11 is 0. The van der Waals surface area contributed by atoms with Crippen molar-refractivity contribution < 1.29 is 4.79 Å². The minimum absolute atomic E-state index is 0.214. The van der Waals surface area contributed by atoms with Gasteiger partial charge in [-0.25, -0.2) is 0 Å². The second kappa shape index (κ2) is 4.09. The van der Waals surface area contributed by atoms with Gasteiger partial charge in [-0.3, -0.25) is 4.79 Å². The molecule has 1 fully saturated rings. The molecule has 0 aromatic carbocycles. The molecule has 0 aromatic heterocycles. The molecule has 3 unspecified atom stereocenters. The van der Waals surface area contributed by atoms with Crippen molar-refractivity contribution in [3.8, 4) is 0 Å². The van der Waals surface area contributed by atoms with E-state index in [1.54, 1.807) is 4.90 Å². The lowest BCUT2D eigenvalue weighted by atomic mass is 9.82. The molecule has 1 rings (SSSR count). The average Bonchev–Trinajstić information content (AvgIpc) is 2.08. The Kier molecular flexibility index (Phi) is 3.31. The maximum atomic E-state index is 11.8. The number of carbonyl (C=O) groups is 1. The molecular formula is C10H20N2O. The Bertz CT molecular complexity index is 191. The van der Waals surface area contributed by atoms with Crippen LogP contribution < -0.4 is 5.32 Å². The first-order valence-electron chi connectivity index (χ1n) is 4.98. The zero-order valence-electron chi connectivity index (χ0n) is 9.00. The summed E-state index contributed by atoms with van der Waals surface area (Å²) < 4.78 is 0. The van der Waals surface area contributed by atoms with Crippen LogP contribution in [0, 0.1) is 11.8 Å². The standard InChI is InChI=1S/C10H20N2O/c1-7-8(2)11-6-5-9(7)10(13)12(3)4/h7-9,11H,5-6H2,1-4H3. The van der Waals surface area contributed by atoms with Gasteiger partial charge in [0.05, 0.1) is 0 Å². The number of amides is 1. The third kappa shape index (κ3) is 2.21. The molecule has 1 N–H and O–H groups in total. The fourth-order valence-corrected chi connectivity index (χ4v) is 1.94. The van der Waals surface area contributed by atoms with E-state index in [0.29, 0.717) is 12.0 Å². The molecule has 3 heteroatoms. The van der Waals surface area contributed by atoms with Crippen LogP contribution in [0.3, 0.4) is 0 Å². The number of rotatable bonds is 1. The van der Waals surface area contributed by atoms with Gasteiger partial charge in [0, 0.05) is 26.1 Å². The van der Waals surface area contributed by atoms with E-state index in [1.165, 1.54) is 0 Å². The van der Waals surface area contributed by atoms with E-state index >= 15 is 0 Å². The summed E-state index contributed by atoms with van der Waals surface area (Å²) in [5, 5.41) is 3.38. The maximum absolute atomic E-state index is 11.8. The van der Waals surface area contributed by atoms with Gasteiger partial charge in [-0.2, -0.15) is 0 Å². The highest BCUT2D eigenvalue weighted by atomic mass is 16.2. The number of hydrogen-bond donors (Lipinski definition) is 1. The van der Waals surface area contributed by atoms with Gasteiger partial charge in [-0.15, -0.1) is 0 Å². The van der Waals surface area contributed by atoms with E-state index in [-0.39, 0.29) is 11.8 Å². The second-order valence-electron chi connectivity index (χ2n) is 4.23. The molecule has 1 aliphatic rings. The van der Waals surface area contributed by atoms with Crippen LogP contribution in [0.4, 0.5) is 0 Å². The summed E-state index contributed by atoms with van der Waals surface area (Å²) in [6, 6.07) is 0.461. The Balaban J connectivity index is 2.62. The molecule has 0 spiro atoms. The van der Waals surface area contributed by atoms with Gasteiger partial charge in [0.25, 0.3) is 0 Å². The molecule has 0 aliphatic carbocycles. The van der Waals surface area contributed by atoms with Gasteiger partial charge in [0.1, 0.15) is 0 Å². The summed E-state index contributed by atoms with van der Waals surface area (Å²) in [6.07, 6.45) is 0.975. The van der Waals surface area contributed by atoms with E-state index < -0.39 is 0 Å². The minimum Gasteiger partial charge on any atom is -0.349 e. The van der Waals surface area contributed by atoms with Crippen molar-refractivity contribution in [3.05, 3.63) is 0 Å². The molecule has 0 bridgehead atoms. The van der Waals surface area contributed by atoms with Crippen LogP contribution in [0.15, 0.2) is 0 Å². The molecule has 3 atom stereocenters. The quantitative estimate of drug-likeness (QED) is 0.651. The van der Waals surface area contributed by atoms with Crippen LogP contribution in [-0.2, 0) is 4.79 Å². The van der Waals surface area contributed by atoms with Crippen molar-refractivity contribution in [1.29, 1.82) is 0 Å². The van der Waals surface area contributed by atoms with Gasteiger partial charge in [-0.1, -0.05) is 6.92 Å². The van der Waals surface area contributed by atoms with Crippen molar-refractivity contribution >= 4 is 5.91 Å². The molecule has 76 valence electrons. The largest absolute Gasteiger partial charge is 0.349 e. The number of nitrogens with one attached hydrogen (secondary N) is 1. The normalized spacial score (nSPS) is 34.3. The molecule has 1 aliphatic heterocycles. The van der Waals surface area contributed by atoms with E-state index in [2.05, 4.69) is 19.2 Å². The zero-order chi connectivity index (χ0) is 10.0. The Labute approximate surface area is 80.5 Å². The van der Waals surface area contributed by atoms with Crippen molar-refractivity contribution in [2.45, 2.75) is 26.3 Å². The average molecular weight is 184 g/mol. The van der Waals surface area contributed by atoms with Crippen molar-refractivity contribution in [1.82, 2.24) is 10.2 Å². The first-order chi connectivity index (χ1) is 6.04. The highest BCUT2D eigenvalue weighted by Gasteiger charge is 2.32. The van der Waals surface area contributed by atoms with Crippen LogP contribution in [0.5, 0.6) is 0 Å². The Morgan fingerprint density at radius 1 is 1.38 bits per heavy atom. The fraction of sp³-hybridized carbons (Fsp3) is 0.900. The molecule has 0 radical (unpaired) electrons.